The summed E-state index contributed by atoms with van der Waals surface area (Å²) in [5.41, 5.74) is 6.77. The third kappa shape index (κ3) is 5.31. The molecule has 1 aromatic rings. The third-order valence-corrected chi connectivity index (χ3v) is 2.44. The lowest BCUT2D eigenvalue weighted by molar-refractivity contribution is -0.114. The number of hydrogen-bond donors (Lipinski definition) is 3. The number of benzene rings is 1. The normalized spacial score (nSPS) is 12.4. The monoisotopic (exact) mass is 283 g/mol. The van der Waals surface area contributed by atoms with Gasteiger partial charge in [0.25, 0.3) is 5.91 Å². The maximum atomic E-state index is 11.3. The number of carbonyl (C=O) groups excluding carboxylic acids is 2. The summed E-state index contributed by atoms with van der Waals surface area (Å²) in [6.07, 6.45) is 2.80. The number of nitrogens with two attached hydrogens (primary N) is 2. The van der Waals surface area contributed by atoms with Crippen molar-refractivity contribution in [1.29, 1.82) is 0 Å². The van der Waals surface area contributed by atoms with Gasteiger partial charge in [0, 0.05) is 12.4 Å². The van der Waals surface area contributed by atoms with E-state index in [1.165, 1.54) is 6.21 Å². The molecule has 0 bridgehead atoms. The molecule has 7 nitrogen and oxygen atoms in total. The zero-order valence-corrected chi connectivity index (χ0v) is 11.2. The fourth-order valence-corrected chi connectivity index (χ4v) is 1.42. The Hall–Kier alpha value is -2.90. The molecule has 1 rings (SSSR count). The highest BCUT2D eigenvalue weighted by atomic mass is 16.1. The lowest BCUT2D eigenvalue weighted by Gasteiger charge is -2.02. The van der Waals surface area contributed by atoms with E-state index in [1.807, 2.05) is 12.1 Å². The van der Waals surface area contributed by atoms with E-state index in [-0.39, 0.29) is 11.3 Å². The van der Waals surface area contributed by atoms with Gasteiger partial charge in [0.1, 0.15) is 13.6 Å². The number of primary amides is 1. The fraction of sp³-hybridized carbons (Fsp3) is 0.0769. The summed E-state index contributed by atoms with van der Waals surface area (Å²) in [5, 5.41) is 5.63. The summed E-state index contributed by atoms with van der Waals surface area (Å²) in [7, 11) is 5.58. The number of nitrogens with zero attached hydrogens (tertiary/aromatic N) is 2. The summed E-state index contributed by atoms with van der Waals surface area (Å²) in [6.45, 7) is 0.354. The lowest BCUT2D eigenvalue weighted by Crippen LogP contribution is -2.24. The van der Waals surface area contributed by atoms with Crippen molar-refractivity contribution in [3.63, 3.8) is 0 Å². The van der Waals surface area contributed by atoms with Crippen molar-refractivity contribution in [2.24, 2.45) is 21.7 Å². The summed E-state index contributed by atoms with van der Waals surface area (Å²) in [4.78, 5) is 25.6. The second-order valence-corrected chi connectivity index (χ2v) is 3.93. The Morgan fingerprint density at radius 3 is 2.52 bits per heavy atom. The van der Waals surface area contributed by atoms with E-state index >= 15 is 0 Å². The van der Waals surface area contributed by atoms with Gasteiger partial charge in [-0.25, -0.2) is 0 Å². The van der Waals surface area contributed by atoms with E-state index in [4.69, 9.17) is 19.4 Å². The highest BCUT2D eigenvalue weighted by Gasteiger charge is 2.11. The molecular weight excluding hydrogens is 269 g/mol. The van der Waals surface area contributed by atoms with E-state index in [2.05, 4.69) is 15.4 Å². The Morgan fingerprint density at radius 1 is 1.33 bits per heavy atom. The van der Waals surface area contributed by atoms with Crippen LogP contribution in [0.3, 0.4) is 0 Å². The van der Waals surface area contributed by atoms with Crippen molar-refractivity contribution in [1.82, 2.24) is 5.32 Å². The molecule has 0 fully saturated rings. The number of carbonyl (C=O) groups is 2. The van der Waals surface area contributed by atoms with Crippen LogP contribution >= 0.6 is 0 Å². The molecule has 0 aliphatic rings. The first-order chi connectivity index (χ1) is 10.1. The molecule has 21 heavy (non-hydrogen) atoms. The minimum absolute atomic E-state index is 0.0503. The summed E-state index contributed by atoms with van der Waals surface area (Å²) in [6, 6.07) is 7.16. The Bertz CT molecular complexity index is 593. The second-order valence-electron chi connectivity index (χ2n) is 3.93. The van der Waals surface area contributed by atoms with Crippen LogP contribution < -0.4 is 22.4 Å². The van der Waals surface area contributed by atoms with Crippen LogP contribution in [0.4, 0.5) is 0 Å². The molecule has 2 radical (unpaired) electrons. The van der Waals surface area contributed by atoms with Gasteiger partial charge in [0.2, 0.25) is 6.41 Å². The largest absolute Gasteiger partial charge is 0.365 e. The molecule has 0 saturated carbocycles. The van der Waals surface area contributed by atoms with Crippen LogP contribution in [0.2, 0.25) is 0 Å². The molecule has 0 saturated heterocycles. The topological polar surface area (TPSA) is 123 Å². The minimum Gasteiger partial charge on any atom is -0.365 e. The van der Waals surface area contributed by atoms with E-state index in [0.29, 0.717) is 18.4 Å². The molecular formula is C13H14BN5O2. The Balaban J connectivity index is 2.81. The van der Waals surface area contributed by atoms with Gasteiger partial charge in [-0.05, 0) is 5.56 Å². The molecule has 0 unspecified atom stereocenters. The number of aliphatic imine (C=N–C) groups is 1. The average molecular weight is 283 g/mol. The minimum atomic E-state index is -0.785. The molecule has 0 aromatic heterocycles. The van der Waals surface area contributed by atoms with Crippen molar-refractivity contribution >= 4 is 37.6 Å². The fourth-order valence-electron chi connectivity index (χ4n) is 1.42. The predicted octanol–water partition coefficient (Wildman–Crippen LogP) is -1.52. The van der Waals surface area contributed by atoms with Crippen LogP contribution in [-0.2, 0) is 16.1 Å². The molecule has 1 aromatic carbocycles. The number of nitrogens with one attached hydrogen (secondary N) is 1. The van der Waals surface area contributed by atoms with Crippen molar-refractivity contribution < 1.29 is 9.59 Å². The number of rotatable bonds is 7. The zero-order valence-electron chi connectivity index (χ0n) is 11.2. The van der Waals surface area contributed by atoms with Crippen molar-refractivity contribution in [2.75, 3.05) is 0 Å². The quantitative estimate of drug-likeness (QED) is 0.141. The predicted molar refractivity (Wildman–Crippen MR) is 82.1 cm³/mol. The van der Waals surface area contributed by atoms with Gasteiger partial charge in [-0.1, -0.05) is 29.7 Å². The number of amides is 2. The highest BCUT2D eigenvalue weighted by molar-refractivity contribution is 6.45. The first-order valence-electron chi connectivity index (χ1n) is 5.90. The van der Waals surface area contributed by atoms with Gasteiger partial charge in [0.05, 0.1) is 12.1 Å². The molecule has 0 spiro atoms. The Kier molecular flexibility index (Phi) is 6.40. The summed E-state index contributed by atoms with van der Waals surface area (Å²) in [5.74, 6) is 4.41. The average Bonchev–Trinajstić information content (AvgIpc) is 2.47. The standard InChI is InChI=1S/C13H14BN5O2/c14-10-3-1-9(2-4-10)5-17-7-12(19-16)11(13(15)21)6-18-8-20/h1-4,6-8H,5,16H2,(H2,15,21)(H,18,20)/b11-6-,17-7?,19-12?. The maximum Gasteiger partial charge on any atom is 0.252 e. The van der Waals surface area contributed by atoms with Crippen LogP contribution in [0, 0.1) is 0 Å². The van der Waals surface area contributed by atoms with Crippen LogP contribution in [0.15, 0.2) is 46.1 Å². The first kappa shape index (κ1) is 16.2. The first-order valence-corrected chi connectivity index (χ1v) is 5.90. The number of hydrogen-bond acceptors (Lipinski definition) is 5. The van der Waals surface area contributed by atoms with E-state index in [0.717, 1.165) is 11.8 Å². The van der Waals surface area contributed by atoms with Crippen LogP contribution in [-0.4, -0.2) is 32.1 Å². The lowest BCUT2D eigenvalue weighted by atomic mass is 9.95. The molecule has 5 N–H and O–H groups in total. The molecule has 0 aliphatic heterocycles. The molecule has 0 heterocycles. The van der Waals surface area contributed by atoms with Gasteiger partial charge < -0.3 is 16.9 Å². The summed E-state index contributed by atoms with van der Waals surface area (Å²) < 4.78 is 0. The molecule has 0 atom stereocenters. The molecule has 8 heteroatoms. The molecule has 2 amide bonds. The van der Waals surface area contributed by atoms with Crippen molar-refractivity contribution in [3.8, 4) is 0 Å². The van der Waals surface area contributed by atoms with E-state index < -0.39 is 5.91 Å². The van der Waals surface area contributed by atoms with E-state index in [9.17, 15) is 9.59 Å². The van der Waals surface area contributed by atoms with Gasteiger partial charge >= 0.3 is 0 Å². The van der Waals surface area contributed by atoms with E-state index in [1.54, 1.807) is 12.1 Å². The van der Waals surface area contributed by atoms with Gasteiger partial charge in [-0.15, -0.1) is 0 Å². The van der Waals surface area contributed by atoms with Gasteiger partial charge in [0.15, 0.2) is 0 Å². The van der Waals surface area contributed by atoms with Crippen LogP contribution in [0.25, 0.3) is 0 Å². The third-order valence-electron chi connectivity index (χ3n) is 2.44. The van der Waals surface area contributed by atoms with Crippen LogP contribution in [0.5, 0.6) is 0 Å². The molecule has 0 aliphatic carbocycles. The Morgan fingerprint density at radius 2 is 2.00 bits per heavy atom. The molecule has 106 valence electrons. The Labute approximate surface area is 123 Å². The van der Waals surface area contributed by atoms with Crippen LogP contribution in [0.1, 0.15) is 5.56 Å². The SMILES string of the molecule is [B]c1ccc(CN=CC(=NN)/C(=C/NC=O)C(N)=O)cc1. The second kappa shape index (κ2) is 8.31. The zero-order chi connectivity index (χ0) is 15.7. The maximum absolute atomic E-state index is 11.3. The van der Waals surface area contributed by atoms with Crippen molar-refractivity contribution in [2.45, 2.75) is 6.54 Å². The van der Waals surface area contributed by atoms with Gasteiger partial charge in [-0.3, -0.25) is 14.6 Å². The number of hydrazone groups is 1. The summed E-state index contributed by atoms with van der Waals surface area (Å²) >= 11 is 0. The van der Waals surface area contributed by atoms with Crippen molar-refractivity contribution in [3.05, 3.63) is 41.6 Å². The van der Waals surface area contributed by atoms with Gasteiger partial charge in [-0.2, -0.15) is 5.10 Å². The smallest absolute Gasteiger partial charge is 0.252 e. The highest BCUT2D eigenvalue weighted by Crippen LogP contribution is 2.00.